The number of amides is 1. The SMILES string of the molecule is COc1ccc(CNC(=O)O/N=C/c2cccc3ccccc23)cc1. The van der Waals surface area contributed by atoms with E-state index in [0.29, 0.717) is 6.54 Å². The van der Waals surface area contributed by atoms with Gasteiger partial charge in [-0.25, -0.2) is 4.79 Å². The Bertz CT molecular complexity index is 884. The van der Waals surface area contributed by atoms with Crippen molar-refractivity contribution >= 4 is 23.1 Å². The average Bonchev–Trinajstić information content (AvgIpc) is 2.67. The number of nitrogens with one attached hydrogen (secondary N) is 1. The van der Waals surface area contributed by atoms with E-state index in [0.717, 1.165) is 27.6 Å². The minimum atomic E-state index is -0.604. The van der Waals surface area contributed by atoms with E-state index >= 15 is 0 Å². The zero-order valence-corrected chi connectivity index (χ0v) is 13.8. The molecule has 5 nitrogen and oxygen atoms in total. The Morgan fingerprint density at radius 1 is 1.04 bits per heavy atom. The molecule has 126 valence electrons. The molecule has 1 N–H and O–H groups in total. The Morgan fingerprint density at radius 3 is 2.60 bits per heavy atom. The third-order valence-corrected chi connectivity index (χ3v) is 3.75. The van der Waals surface area contributed by atoms with Crippen molar-refractivity contribution in [2.24, 2.45) is 5.16 Å². The van der Waals surface area contributed by atoms with Crippen molar-refractivity contribution < 1.29 is 14.4 Å². The van der Waals surface area contributed by atoms with Gasteiger partial charge in [0.2, 0.25) is 0 Å². The minimum Gasteiger partial charge on any atom is -0.497 e. The highest BCUT2D eigenvalue weighted by Crippen LogP contribution is 2.16. The summed E-state index contributed by atoms with van der Waals surface area (Å²) in [6.45, 7) is 0.354. The number of fused-ring (bicyclic) bond motifs is 1. The second-order valence-electron chi connectivity index (χ2n) is 5.38. The summed E-state index contributed by atoms with van der Waals surface area (Å²) in [6.07, 6.45) is 0.933. The normalized spacial score (nSPS) is 10.8. The molecule has 0 radical (unpaired) electrons. The summed E-state index contributed by atoms with van der Waals surface area (Å²) in [5.74, 6) is 0.769. The summed E-state index contributed by atoms with van der Waals surface area (Å²) in [5, 5.41) is 8.58. The molecular weight excluding hydrogens is 316 g/mol. The van der Waals surface area contributed by atoms with Gasteiger partial charge in [0.25, 0.3) is 0 Å². The summed E-state index contributed by atoms with van der Waals surface area (Å²) >= 11 is 0. The number of rotatable bonds is 5. The zero-order chi connectivity index (χ0) is 17.5. The first-order valence-corrected chi connectivity index (χ1v) is 7.85. The van der Waals surface area contributed by atoms with Gasteiger partial charge in [-0.3, -0.25) is 4.84 Å². The fourth-order valence-electron chi connectivity index (χ4n) is 2.44. The van der Waals surface area contributed by atoms with Crippen molar-refractivity contribution in [1.29, 1.82) is 0 Å². The summed E-state index contributed by atoms with van der Waals surface area (Å²) in [7, 11) is 1.61. The predicted molar refractivity (Wildman–Crippen MR) is 97.9 cm³/mol. The topological polar surface area (TPSA) is 59.9 Å². The van der Waals surface area contributed by atoms with Crippen molar-refractivity contribution in [2.45, 2.75) is 6.54 Å². The predicted octanol–water partition coefficient (Wildman–Crippen LogP) is 4.11. The zero-order valence-electron chi connectivity index (χ0n) is 13.8. The van der Waals surface area contributed by atoms with Crippen LogP contribution in [0.4, 0.5) is 4.79 Å². The minimum absolute atomic E-state index is 0.354. The number of oxime groups is 1. The fraction of sp³-hybridized carbons (Fsp3) is 0.100. The molecular formula is C20H18N2O3. The second-order valence-corrected chi connectivity index (χ2v) is 5.38. The van der Waals surface area contributed by atoms with E-state index in [9.17, 15) is 4.79 Å². The van der Waals surface area contributed by atoms with Crippen molar-refractivity contribution in [3.63, 3.8) is 0 Å². The Kier molecular flexibility index (Phi) is 5.26. The molecule has 5 heteroatoms. The van der Waals surface area contributed by atoms with Crippen LogP contribution in [-0.4, -0.2) is 19.4 Å². The average molecular weight is 334 g/mol. The van der Waals surface area contributed by atoms with Crippen molar-refractivity contribution in [3.05, 3.63) is 77.9 Å². The van der Waals surface area contributed by atoms with E-state index in [4.69, 9.17) is 9.57 Å². The van der Waals surface area contributed by atoms with Crippen LogP contribution in [0.15, 0.2) is 71.9 Å². The van der Waals surface area contributed by atoms with E-state index in [1.54, 1.807) is 7.11 Å². The van der Waals surface area contributed by atoms with Gasteiger partial charge in [0.05, 0.1) is 13.3 Å². The van der Waals surface area contributed by atoms with E-state index in [1.807, 2.05) is 66.7 Å². The Balaban J connectivity index is 1.55. The third kappa shape index (κ3) is 4.35. The fourth-order valence-corrected chi connectivity index (χ4v) is 2.44. The third-order valence-electron chi connectivity index (χ3n) is 3.75. The van der Waals surface area contributed by atoms with Gasteiger partial charge in [0, 0.05) is 12.1 Å². The lowest BCUT2D eigenvalue weighted by molar-refractivity contribution is 0.151. The number of hydrogen-bond acceptors (Lipinski definition) is 4. The molecule has 3 aromatic carbocycles. The molecule has 0 heterocycles. The van der Waals surface area contributed by atoms with Gasteiger partial charge in [-0.05, 0) is 28.5 Å². The first-order valence-electron chi connectivity index (χ1n) is 7.85. The lowest BCUT2D eigenvalue weighted by atomic mass is 10.1. The highest BCUT2D eigenvalue weighted by atomic mass is 16.7. The summed E-state index contributed by atoms with van der Waals surface area (Å²) in [5.41, 5.74) is 1.83. The van der Waals surface area contributed by atoms with E-state index in [1.165, 1.54) is 6.21 Å². The standard InChI is InChI=1S/C20H18N2O3/c1-24-18-11-9-15(10-12-18)13-21-20(23)25-22-14-17-7-4-6-16-5-2-3-8-19(16)17/h2-12,14H,13H2,1H3,(H,21,23)/b22-14+. The van der Waals surface area contributed by atoms with Gasteiger partial charge in [0.1, 0.15) is 5.75 Å². The van der Waals surface area contributed by atoms with Crippen LogP contribution in [0, 0.1) is 0 Å². The van der Waals surface area contributed by atoms with Crippen molar-refractivity contribution in [2.75, 3.05) is 7.11 Å². The molecule has 0 saturated heterocycles. The Labute approximate surface area is 145 Å². The molecule has 1 amide bonds. The maximum Gasteiger partial charge on any atom is 0.433 e. The van der Waals surface area contributed by atoms with Gasteiger partial charge >= 0.3 is 6.09 Å². The highest BCUT2D eigenvalue weighted by molar-refractivity contribution is 5.99. The van der Waals surface area contributed by atoms with Crippen LogP contribution >= 0.6 is 0 Å². The van der Waals surface area contributed by atoms with Gasteiger partial charge < -0.3 is 10.1 Å². The molecule has 0 bridgehead atoms. The first kappa shape index (κ1) is 16.5. The molecule has 25 heavy (non-hydrogen) atoms. The molecule has 3 rings (SSSR count). The molecule has 0 fully saturated rings. The Morgan fingerprint density at radius 2 is 1.80 bits per heavy atom. The van der Waals surface area contributed by atoms with Crippen LogP contribution in [0.3, 0.4) is 0 Å². The van der Waals surface area contributed by atoms with Gasteiger partial charge in [0.15, 0.2) is 0 Å². The largest absolute Gasteiger partial charge is 0.497 e. The number of hydrogen-bond donors (Lipinski definition) is 1. The number of methoxy groups -OCH3 is 1. The summed E-state index contributed by atoms with van der Waals surface area (Å²) < 4.78 is 5.09. The number of carbonyl (C=O) groups is 1. The van der Waals surface area contributed by atoms with Crippen LogP contribution in [-0.2, 0) is 11.4 Å². The lowest BCUT2D eigenvalue weighted by Crippen LogP contribution is -2.22. The summed E-state index contributed by atoms with van der Waals surface area (Å²) in [4.78, 5) is 16.6. The number of ether oxygens (including phenoxy) is 1. The molecule has 0 saturated carbocycles. The molecule has 0 atom stereocenters. The number of nitrogens with zero attached hydrogens (tertiary/aromatic N) is 1. The van der Waals surface area contributed by atoms with Crippen LogP contribution in [0.25, 0.3) is 10.8 Å². The maximum atomic E-state index is 11.7. The second kappa shape index (κ2) is 7.97. The summed E-state index contributed by atoms with van der Waals surface area (Å²) in [6, 6.07) is 21.3. The quantitative estimate of drug-likeness (QED) is 0.434. The number of benzene rings is 3. The van der Waals surface area contributed by atoms with E-state index in [-0.39, 0.29) is 0 Å². The highest BCUT2D eigenvalue weighted by Gasteiger charge is 2.02. The number of carbonyl (C=O) groups excluding carboxylic acids is 1. The molecule has 0 aliphatic rings. The molecule has 0 unspecified atom stereocenters. The molecule has 0 aliphatic heterocycles. The Hall–Kier alpha value is -3.34. The van der Waals surface area contributed by atoms with Crippen molar-refractivity contribution in [3.8, 4) is 5.75 Å². The van der Waals surface area contributed by atoms with Gasteiger partial charge in [-0.2, -0.15) is 0 Å². The first-order chi connectivity index (χ1) is 12.3. The molecule has 3 aromatic rings. The van der Waals surface area contributed by atoms with Crippen LogP contribution < -0.4 is 10.1 Å². The van der Waals surface area contributed by atoms with Crippen LogP contribution in [0.1, 0.15) is 11.1 Å². The lowest BCUT2D eigenvalue weighted by Gasteiger charge is -2.04. The van der Waals surface area contributed by atoms with Crippen molar-refractivity contribution in [1.82, 2.24) is 5.32 Å². The van der Waals surface area contributed by atoms with Crippen LogP contribution in [0.5, 0.6) is 5.75 Å². The molecule has 0 spiro atoms. The van der Waals surface area contributed by atoms with Gasteiger partial charge in [-0.15, -0.1) is 0 Å². The van der Waals surface area contributed by atoms with E-state index in [2.05, 4.69) is 10.5 Å². The van der Waals surface area contributed by atoms with Gasteiger partial charge in [-0.1, -0.05) is 59.8 Å². The maximum absolute atomic E-state index is 11.7. The molecule has 0 aromatic heterocycles. The van der Waals surface area contributed by atoms with E-state index < -0.39 is 6.09 Å². The monoisotopic (exact) mass is 334 g/mol. The smallest absolute Gasteiger partial charge is 0.433 e. The van der Waals surface area contributed by atoms with Crippen LogP contribution in [0.2, 0.25) is 0 Å². The molecule has 0 aliphatic carbocycles.